The van der Waals surface area contributed by atoms with Crippen molar-refractivity contribution in [1.29, 1.82) is 0 Å². The largest absolute Gasteiger partial charge is 0.453 e. The molecule has 19 aromatic rings. The van der Waals surface area contributed by atoms with E-state index in [9.17, 15) is 0 Å². The van der Waals surface area contributed by atoms with Crippen LogP contribution in [0.1, 0.15) is 22.3 Å². The van der Waals surface area contributed by atoms with Crippen LogP contribution >= 0.6 is 0 Å². The molecule has 6 heterocycles. The SMILES string of the molecule is Cc1ccccc1-c1cccc2c1oc1c(N(c3ccccc3)c3ccc4c5cc6c(cc5n5c7ccccc7c3c45)c3ccc(N(c4ccccc4)c4c(C)ccc5c4oc4c(-c7ccccc7C)cccc45)c4c5ccccc5n6c34)c(C)ccc12. The molecule has 13 aromatic carbocycles. The molecule has 0 aliphatic carbocycles. The van der Waals surface area contributed by atoms with E-state index in [0.29, 0.717) is 0 Å². The van der Waals surface area contributed by atoms with Gasteiger partial charge in [-0.05, 0) is 122 Å². The zero-order chi connectivity index (χ0) is 58.2. The number of hydrogen-bond donors (Lipinski definition) is 0. The minimum atomic E-state index is 0.864. The first kappa shape index (κ1) is 49.0. The van der Waals surface area contributed by atoms with Gasteiger partial charge in [-0.3, -0.25) is 0 Å². The fourth-order valence-corrected chi connectivity index (χ4v) is 15.4. The van der Waals surface area contributed by atoms with E-state index in [-0.39, 0.29) is 0 Å². The third kappa shape index (κ3) is 6.55. The van der Waals surface area contributed by atoms with E-state index in [1.165, 1.54) is 98.4 Å². The van der Waals surface area contributed by atoms with Crippen molar-refractivity contribution < 1.29 is 8.83 Å². The Balaban J connectivity index is 0.858. The summed E-state index contributed by atoms with van der Waals surface area (Å²) in [4.78, 5) is 4.92. The number of aryl methyl sites for hydroxylation is 4. The van der Waals surface area contributed by atoms with Gasteiger partial charge in [-0.15, -0.1) is 0 Å². The van der Waals surface area contributed by atoms with Gasteiger partial charge in [0.1, 0.15) is 11.2 Å². The molecule has 414 valence electrons. The smallest absolute Gasteiger partial charge is 0.159 e. The number of hydrogen-bond acceptors (Lipinski definition) is 4. The first-order chi connectivity index (χ1) is 43.4. The van der Waals surface area contributed by atoms with Crippen LogP contribution in [0.4, 0.5) is 34.1 Å². The van der Waals surface area contributed by atoms with Crippen molar-refractivity contribution in [2.75, 3.05) is 9.80 Å². The lowest BCUT2D eigenvalue weighted by atomic mass is 9.98. The van der Waals surface area contributed by atoms with Gasteiger partial charge in [-0.25, -0.2) is 0 Å². The molecule has 6 aromatic heterocycles. The molecule has 88 heavy (non-hydrogen) atoms. The van der Waals surface area contributed by atoms with E-state index in [2.05, 4.69) is 301 Å². The summed E-state index contributed by atoms with van der Waals surface area (Å²) in [6.07, 6.45) is 0. The number of anilines is 6. The molecule has 0 aliphatic rings. The maximum absolute atomic E-state index is 7.31. The van der Waals surface area contributed by atoms with Gasteiger partial charge in [0.2, 0.25) is 0 Å². The predicted molar refractivity (Wildman–Crippen MR) is 370 cm³/mol. The van der Waals surface area contributed by atoms with Crippen LogP contribution in [-0.2, 0) is 0 Å². The quantitative estimate of drug-likeness (QED) is 0.152. The molecule has 0 bridgehead atoms. The molecule has 0 spiro atoms. The van der Waals surface area contributed by atoms with E-state index < -0.39 is 0 Å². The van der Waals surface area contributed by atoms with Crippen LogP contribution in [-0.4, -0.2) is 8.80 Å². The topological polar surface area (TPSA) is 41.6 Å². The second-order valence-corrected chi connectivity index (χ2v) is 24.1. The molecule has 0 amide bonds. The maximum atomic E-state index is 7.31. The second kappa shape index (κ2) is 18.1. The number of fused-ring (bicyclic) bond motifs is 18. The third-order valence-corrected chi connectivity index (χ3v) is 19.3. The summed E-state index contributed by atoms with van der Waals surface area (Å²) in [6, 6.07) is 93.4. The van der Waals surface area contributed by atoms with Gasteiger partial charge in [0.15, 0.2) is 11.2 Å². The molecule has 0 fully saturated rings. The van der Waals surface area contributed by atoms with Gasteiger partial charge in [0, 0.05) is 87.1 Å². The summed E-state index contributed by atoms with van der Waals surface area (Å²) < 4.78 is 19.7. The fraction of sp³-hybridized carbons (Fsp3) is 0.0488. The lowest BCUT2D eigenvalue weighted by Crippen LogP contribution is -2.12. The highest BCUT2D eigenvalue weighted by Gasteiger charge is 2.31. The molecular formula is C82H54N4O2. The first-order valence-electron chi connectivity index (χ1n) is 30.4. The summed E-state index contributed by atoms with van der Waals surface area (Å²) in [6.45, 7) is 8.79. The Hall–Kier alpha value is -11.3. The van der Waals surface area contributed by atoms with Crippen LogP contribution in [0.5, 0.6) is 0 Å². The average molecular weight is 1130 g/mol. The number of para-hydroxylation sites is 6. The minimum absolute atomic E-state index is 0.864. The van der Waals surface area contributed by atoms with Crippen molar-refractivity contribution in [3.8, 4) is 22.3 Å². The van der Waals surface area contributed by atoms with E-state index in [1.807, 2.05) is 0 Å². The maximum Gasteiger partial charge on any atom is 0.159 e. The Labute approximate surface area is 505 Å². The molecule has 0 N–H and O–H groups in total. The number of rotatable bonds is 8. The van der Waals surface area contributed by atoms with Crippen LogP contribution in [0.2, 0.25) is 0 Å². The Morgan fingerprint density at radius 1 is 0.261 bits per heavy atom. The first-order valence-corrected chi connectivity index (χ1v) is 30.4. The zero-order valence-corrected chi connectivity index (χ0v) is 48.9. The zero-order valence-electron chi connectivity index (χ0n) is 48.9. The summed E-state index contributed by atoms with van der Waals surface area (Å²) in [5.41, 5.74) is 26.2. The lowest BCUT2D eigenvalue weighted by Gasteiger charge is -2.28. The molecule has 0 atom stereocenters. The van der Waals surface area contributed by atoms with Gasteiger partial charge in [0.05, 0.1) is 55.8 Å². The Bertz CT molecular complexity index is 5740. The van der Waals surface area contributed by atoms with Crippen molar-refractivity contribution in [2.45, 2.75) is 27.7 Å². The molecule has 0 radical (unpaired) electrons. The molecule has 6 nitrogen and oxygen atoms in total. The summed E-state index contributed by atoms with van der Waals surface area (Å²) in [5, 5.41) is 14.0. The van der Waals surface area contributed by atoms with E-state index >= 15 is 0 Å². The van der Waals surface area contributed by atoms with Gasteiger partial charge in [-0.1, -0.05) is 194 Å². The van der Waals surface area contributed by atoms with E-state index in [0.717, 1.165) is 100 Å². The van der Waals surface area contributed by atoms with Crippen LogP contribution in [0.3, 0.4) is 0 Å². The van der Waals surface area contributed by atoms with Crippen LogP contribution in [0.15, 0.2) is 264 Å². The molecule has 19 rings (SSSR count). The molecule has 0 saturated heterocycles. The van der Waals surface area contributed by atoms with Gasteiger partial charge in [0.25, 0.3) is 0 Å². The number of benzene rings is 13. The predicted octanol–water partition coefficient (Wildman–Crippen LogP) is 23.3. The molecule has 0 saturated carbocycles. The van der Waals surface area contributed by atoms with Crippen molar-refractivity contribution in [3.63, 3.8) is 0 Å². The van der Waals surface area contributed by atoms with Gasteiger partial charge >= 0.3 is 0 Å². The van der Waals surface area contributed by atoms with Crippen molar-refractivity contribution in [3.05, 3.63) is 277 Å². The number of furan rings is 2. The van der Waals surface area contributed by atoms with E-state index in [1.54, 1.807) is 0 Å². The highest BCUT2D eigenvalue weighted by atomic mass is 16.3. The normalized spacial score (nSPS) is 12.3. The standard InChI is InChI=1S/C82H54N4O2/c1-47-21-11-13-27-53(47)57-31-19-33-59-61-39-37-49(3)75(81(61)87-79(57)59)83(51-23-7-5-8-24-51)69-43-41-55-65-45-72-66(46-71(65)85-67-35-17-15-29-63(67)73(69)77(55)85)56-42-44-70(74-64-30-16-18-36-68(64)86(72)78(56)74)84(52-25-9-6-10-26-52)76-50(4)38-40-62-60-34-20-32-58(80(60)88-82(62)76)54-28-14-12-22-48(54)2/h5-46H,1-4H3. The molecule has 0 aliphatic heterocycles. The fourth-order valence-electron chi connectivity index (χ4n) is 15.4. The van der Waals surface area contributed by atoms with Crippen molar-refractivity contribution in [2.24, 2.45) is 0 Å². The number of aromatic nitrogens is 2. The van der Waals surface area contributed by atoms with Gasteiger partial charge in [-0.2, -0.15) is 0 Å². The highest BCUT2D eigenvalue weighted by Crippen LogP contribution is 2.55. The van der Waals surface area contributed by atoms with Crippen molar-refractivity contribution >= 4 is 154 Å². The van der Waals surface area contributed by atoms with Crippen molar-refractivity contribution in [1.82, 2.24) is 8.80 Å². The minimum Gasteiger partial charge on any atom is -0.453 e. The van der Waals surface area contributed by atoms with Gasteiger partial charge < -0.3 is 27.4 Å². The Morgan fingerprint density at radius 3 is 1.07 bits per heavy atom. The van der Waals surface area contributed by atoms with Crippen LogP contribution in [0, 0.1) is 27.7 Å². The average Bonchev–Trinajstić information content (AvgIpc) is 1.53. The monoisotopic (exact) mass is 1130 g/mol. The van der Waals surface area contributed by atoms with Crippen LogP contribution in [0.25, 0.3) is 142 Å². The van der Waals surface area contributed by atoms with Crippen LogP contribution < -0.4 is 9.80 Å². The Kier molecular flexibility index (Phi) is 10.1. The molecular weight excluding hydrogens is 1070 g/mol. The lowest BCUT2D eigenvalue weighted by molar-refractivity contribution is 0.669. The molecule has 6 heteroatoms. The highest BCUT2D eigenvalue weighted by molar-refractivity contribution is 6.33. The summed E-state index contributed by atoms with van der Waals surface area (Å²) in [7, 11) is 0. The summed E-state index contributed by atoms with van der Waals surface area (Å²) in [5.74, 6) is 0. The summed E-state index contributed by atoms with van der Waals surface area (Å²) >= 11 is 0. The number of nitrogens with zero attached hydrogens (tertiary/aromatic N) is 4. The third-order valence-electron chi connectivity index (χ3n) is 19.3. The molecule has 0 unspecified atom stereocenters. The van der Waals surface area contributed by atoms with E-state index in [4.69, 9.17) is 8.83 Å². The second-order valence-electron chi connectivity index (χ2n) is 24.1. The Morgan fingerprint density at radius 2 is 0.625 bits per heavy atom.